The van der Waals surface area contributed by atoms with Gasteiger partial charge in [-0.25, -0.2) is 5.43 Å². The minimum atomic E-state index is -0.320. The van der Waals surface area contributed by atoms with Crippen LogP contribution in [0.5, 0.6) is 0 Å². The number of carbonyl (C=O) groups is 2. The third kappa shape index (κ3) is 1.63. The van der Waals surface area contributed by atoms with Crippen molar-refractivity contribution in [1.29, 1.82) is 0 Å². The quantitative estimate of drug-likeness (QED) is 0.544. The predicted octanol–water partition coefficient (Wildman–Crippen LogP) is 0.0874. The van der Waals surface area contributed by atoms with Crippen molar-refractivity contribution in [3.8, 4) is 0 Å². The molecule has 0 atom stereocenters. The number of amides is 1. The van der Waals surface area contributed by atoms with Gasteiger partial charge in [0, 0.05) is 5.92 Å². The number of rotatable bonds is 1. The molecule has 0 spiro atoms. The maximum absolute atomic E-state index is 11.1. The van der Waals surface area contributed by atoms with Crippen LogP contribution in [-0.4, -0.2) is 17.4 Å². The van der Waals surface area contributed by atoms with E-state index >= 15 is 0 Å². The molecule has 1 heterocycles. The lowest BCUT2D eigenvalue weighted by Gasteiger charge is -2.12. The molecule has 0 fully saturated rings. The summed E-state index contributed by atoms with van der Waals surface area (Å²) in [5, 5.41) is 3.66. The third-order valence-electron chi connectivity index (χ3n) is 1.45. The summed E-state index contributed by atoms with van der Waals surface area (Å²) < 4.78 is 0. The molecule has 0 aromatic carbocycles. The van der Waals surface area contributed by atoms with Crippen LogP contribution in [0, 0.1) is 5.92 Å². The van der Waals surface area contributed by atoms with Crippen molar-refractivity contribution in [2.45, 2.75) is 20.3 Å². The van der Waals surface area contributed by atoms with E-state index in [1.54, 1.807) is 0 Å². The van der Waals surface area contributed by atoms with E-state index in [9.17, 15) is 9.59 Å². The SMILES string of the molecule is CC(C)C1=NNC(=O)CC1=O. The van der Waals surface area contributed by atoms with Crippen molar-refractivity contribution >= 4 is 17.4 Å². The zero-order valence-electron chi connectivity index (χ0n) is 6.55. The minimum absolute atomic E-state index is 0.0585. The van der Waals surface area contributed by atoms with Crippen molar-refractivity contribution in [2.24, 2.45) is 11.0 Å². The standard InChI is InChI=1S/C7H10N2O2/c1-4(2)7-5(10)3-6(11)8-9-7/h4H,3H2,1-2H3,(H,8,11). The van der Waals surface area contributed by atoms with E-state index in [0.717, 1.165) is 0 Å². The van der Waals surface area contributed by atoms with Crippen molar-refractivity contribution in [3.63, 3.8) is 0 Å². The molecule has 60 valence electrons. The molecule has 0 aromatic heterocycles. The average molecular weight is 154 g/mol. The molecule has 1 aliphatic heterocycles. The van der Waals surface area contributed by atoms with Crippen LogP contribution in [0.25, 0.3) is 0 Å². The van der Waals surface area contributed by atoms with Crippen molar-refractivity contribution < 1.29 is 9.59 Å². The number of nitrogens with one attached hydrogen (secondary N) is 1. The Kier molecular flexibility index (Phi) is 2.03. The first-order chi connectivity index (χ1) is 5.11. The number of Topliss-reactive ketones (excluding diaryl/α,β-unsaturated/α-hetero) is 1. The second kappa shape index (κ2) is 2.82. The second-order valence-corrected chi connectivity index (χ2v) is 2.79. The van der Waals surface area contributed by atoms with E-state index in [1.807, 2.05) is 13.8 Å². The fourth-order valence-electron chi connectivity index (χ4n) is 0.912. The lowest BCUT2D eigenvalue weighted by molar-refractivity contribution is -0.126. The molecule has 0 saturated carbocycles. The Bertz CT molecular complexity index is 231. The van der Waals surface area contributed by atoms with Gasteiger partial charge in [-0.3, -0.25) is 9.59 Å². The maximum atomic E-state index is 11.1. The van der Waals surface area contributed by atoms with Crippen LogP contribution in [0.3, 0.4) is 0 Å². The van der Waals surface area contributed by atoms with Gasteiger partial charge in [0.2, 0.25) is 5.91 Å². The molecule has 1 amide bonds. The number of carbonyl (C=O) groups excluding carboxylic acids is 2. The van der Waals surface area contributed by atoms with Gasteiger partial charge in [-0.15, -0.1) is 0 Å². The Morgan fingerprint density at radius 3 is 2.55 bits per heavy atom. The van der Waals surface area contributed by atoms with E-state index < -0.39 is 0 Å². The first-order valence-electron chi connectivity index (χ1n) is 3.51. The van der Waals surface area contributed by atoms with Gasteiger partial charge in [0.05, 0.1) is 6.42 Å². The summed E-state index contributed by atoms with van der Waals surface area (Å²) in [7, 11) is 0. The topological polar surface area (TPSA) is 58.5 Å². The number of hydrogen-bond acceptors (Lipinski definition) is 3. The predicted molar refractivity (Wildman–Crippen MR) is 40.0 cm³/mol. The van der Waals surface area contributed by atoms with Gasteiger partial charge in [0.25, 0.3) is 0 Å². The number of hydrogen-bond donors (Lipinski definition) is 1. The van der Waals surface area contributed by atoms with Gasteiger partial charge < -0.3 is 0 Å². The van der Waals surface area contributed by atoms with Crippen molar-refractivity contribution in [3.05, 3.63) is 0 Å². The number of ketones is 1. The van der Waals surface area contributed by atoms with E-state index in [2.05, 4.69) is 10.5 Å². The van der Waals surface area contributed by atoms with Crippen molar-refractivity contribution in [1.82, 2.24) is 5.43 Å². The van der Waals surface area contributed by atoms with Crippen LogP contribution in [0.1, 0.15) is 20.3 Å². The van der Waals surface area contributed by atoms with Crippen LogP contribution in [0.15, 0.2) is 5.10 Å². The van der Waals surface area contributed by atoms with Crippen molar-refractivity contribution in [2.75, 3.05) is 0 Å². The molecule has 0 saturated heterocycles. The minimum Gasteiger partial charge on any atom is -0.292 e. The Hall–Kier alpha value is -1.19. The highest BCUT2D eigenvalue weighted by Gasteiger charge is 2.22. The van der Waals surface area contributed by atoms with Gasteiger partial charge in [0.15, 0.2) is 5.78 Å². The van der Waals surface area contributed by atoms with E-state index in [4.69, 9.17) is 0 Å². The summed E-state index contributed by atoms with van der Waals surface area (Å²) in [5.41, 5.74) is 2.73. The molecular formula is C7H10N2O2. The molecule has 11 heavy (non-hydrogen) atoms. The molecule has 0 bridgehead atoms. The summed E-state index contributed by atoms with van der Waals surface area (Å²) in [6.07, 6.45) is -0.0585. The first-order valence-corrected chi connectivity index (χ1v) is 3.51. The number of nitrogens with zero attached hydrogens (tertiary/aromatic N) is 1. The van der Waals surface area contributed by atoms with Gasteiger partial charge in [0.1, 0.15) is 5.71 Å². The molecule has 0 aliphatic carbocycles. The summed E-state index contributed by atoms with van der Waals surface area (Å²) in [5.74, 6) is -0.397. The van der Waals surface area contributed by atoms with E-state index in [0.29, 0.717) is 5.71 Å². The van der Waals surface area contributed by atoms with E-state index in [1.165, 1.54) is 0 Å². The molecule has 0 radical (unpaired) electrons. The molecule has 0 unspecified atom stereocenters. The third-order valence-corrected chi connectivity index (χ3v) is 1.45. The second-order valence-electron chi connectivity index (χ2n) is 2.79. The summed E-state index contributed by atoms with van der Waals surface area (Å²) in [6.45, 7) is 3.74. The van der Waals surface area contributed by atoms with Crippen LogP contribution in [-0.2, 0) is 9.59 Å². The Labute approximate surface area is 64.7 Å². The molecule has 4 heteroatoms. The van der Waals surface area contributed by atoms with Crippen LogP contribution < -0.4 is 5.43 Å². The normalized spacial score (nSPS) is 18.3. The highest BCUT2D eigenvalue weighted by Crippen LogP contribution is 2.04. The van der Waals surface area contributed by atoms with Crippen LogP contribution in [0.2, 0.25) is 0 Å². The summed E-state index contributed by atoms with van der Waals surface area (Å²) in [6, 6.07) is 0. The Morgan fingerprint density at radius 1 is 1.45 bits per heavy atom. The molecule has 1 N–H and O–H groups in total. The average Bonchev–Trinajstić information content (AvgIpc) is 1.85. The Morgan fingerprint density at radius 2 is 2.09 bits per heavy atom. The zero-order valence-corrected chi connectivity index (χ0v) is 6.55. The number of hydrazone groups is 1. The summed E-state index contributed by atoms with van der Waals surface area (Å²) in [4.78, 5) is 21.7. The van der Waals surface area contributed by atoms with Gasteiger partial charge in [-0.2, -0.15) is 5.10 Å². The largest absolute Gasteiger partial charge is 0.292 e. The summed E-state index contributed by atoms with van der Waals surface area (Å²) >= 11 is 0. The highest BCUT2D eigenvalue weighted by molar-refractivity contribution is 6.44. The molecule has 4 nitrogen and oxygen atoms in total. The fraction of sp³-hybridized carbons (Fsp3) is 0.571. The van der Waals surface area contributed by atoms with Gasteiger partial charge in [-0.1, -0.05) is 13.8 Å². The highest BCUT2D eigenvalue weighted by atomic mass is 16.2. The maximum Gasteiger partial charge on any atom is 0.247 e. The lowest BCUT2D eigenvalue weighted by atomic mass is 10.0. The van der Waals surface area contributed by atoms with Gasteiger partial charge in [-0.05, 0) is 0 Å². The smallest absolute Gasteiger partial charge is 0.247 e. The first kappa shape index (κ1) is 7.91. The lowest BCUT2D eigenvalue weighted by Crippen LogP contribution is -2.35. The van der Waals surface area contributed by atoms with Crippen LogP contribution in [0.4, 0.5) is 0 Å². The molecule has 1 rings (SSSR count). The molecule has 1 aliphatic rings. The van der Waals surface area contributed by atoms with Gasteiger partial charge >= 0.3 is 0 Å². The molecular weight excluding hydrogens is 144 g/mol. The zero-order chi connectivity index (χ0) is 8.43. The molecule has 0 aromatic rings. The van der Waals surface area contributed by atoms with E-state index in [-0.39, 0.29) is 24.0 Å². The van der Waals surface area contributed by atoms with Crippen LogP contribution >= 0.6 is 0 Å². The fourth-order valence-corrected chi connectivity index (χ4v) is 0.912. The Balaban J connectivity index is 2.81. The monoisotopic (exact) mass is 154 g/mol.